The molecule has 1 fully saturated rings. The highest BCUT2D eigenvalue weighted by molar-refractivity contribution is 7.47. The van der Waals surface area contributed by atoms with E-state index in [4.69, 9.17) is 46.4 Å². The van der Waals surface area contributed by atoms with Crippen molar-refractivity contribution in [3.63, 3.8) is 0 Å². The number of azide groups is 1. The van der Waals surface area contributed by atoms with Gasteiger partial charge in [-0.3, -0.25) is 14.3 Å². The van der Waals surface area contributed by atoms with Crippen LogP contribution in [0.3, 0.4) is 0 Å². The third-order valence-corrected chi connectivity index (χ3v) is 6.63. The van der Waals surface area contributed by atoms with E-state index in [0.29, 0.717) is 0 Å². The highest BCUT2D eigenvalue weighted by atomic mass is 31.2. The van der Waals surface area contributed by atoms with Gasteiger partial charge in [-0.2, -0.15) is 4.98 Å². The summed E-state index contributed by atoms with van der Waals surface area (Å²) in [5, 5.41) is 67.4. The van der Waals surface area contributed by atoms with Gasteiger partial charge in [-0.15, -0.1) is 9.42 Å². The highest BCUT2D eigenvalue weighted by Crippen LogP contribution is 2.39. The van der Waals surface area contributed by atoms with Crippen LogP contribution < -0.4 is 11.3 Å². The number of hydrogen-bond donors (Lipinski definition) is 10. The number of aromatic amines is 1. The second-order valence-corrected chi connectivity index (χ2v) is 9.67. The molecule has 0 aliphatic carbocycles. The van der Waals surface area contributed by atoms with Crippen LogP contribution in [0, 0.1) is 0 Å². The number of carbonyl (C=O) groups excluding carboxylic acids is 1. The van der Waals surface area contributed by atoms with Crippen molar-refractivity contribution in [2.24, 2.45) is 5.11 Å². The Kier molecular flexibility index (Phi) is 12.6. The average molecular weight is 630 g/mol. The predicted molar refractivity (Wildman–Crippen MR) is 129 cm³/mol. The Morgan fingerprint density at radius 1 is 1.22 bits per heavy atom. The van der Waals surface area contributed by atoms with Gasteiger partial charge < -0.3 is 51.0 Å². The number of imidazole rings is 1. The molecule has 2 aromatic rings. The van der Waals surface area contributed by atoms with Crippen LogP contribution in [0.2, 0.25) is 0 Å². The Hall–Kier alpha value is -3.11. The lowest BCUT2D eigenvalue weighted by molar-refractivity contribution is -0.136. The van der Waals surface area contributed by atoms with E-state index in [1.54, 1.807) is 0 Å². The molecule has 0 bridgehead atoms. The normalized spacial score (nSPS) is 23.9. The number of nitrogens with one attached hydrogen (secondary N) is 1. The van der Waals surface area contributed by atoms with Crippen LogP contribution in [0.1, 0.15) is 6.23 Å². The molecule has 10 atom stereocenters. The molecule has 3 rings (SSSR count). The van der Waals surface area contributed by atoms with Gasteiger partial charge in [0.1, 0.15) is 49.3 Å². The molecule has 1 aliphatic rings. The number of aromatic nitrogens is 4. The number of aliphatic hydroxyl groups is 7. The van der Waals surface area contributed by atoms with Crippen LogP contribution in [0.5, 0.6) is 0 Å². The van der Waals surface area contributed by atoms with Gasteiger partial charge in [0, 0.05) is 14.0 Å². The lowest BCUT2D eigenvalue weighted by Gasteiger charge is -2.22. The maximum Gasteiger partial charge on any atom is 0.747 e. The molecule has 0 amide bonds. The number of hydrogen-bond acceptors (Lipinski definition) is 18. The van der Waals surface area contributed by atoms with Gasteiger partial charge in [0.25, 0.3) is 5.56 Å². The van der Waals surface area contributed by atoms with Crippen molar-refractivity contribution < 1.29 is 68.1 Å². The zero-order chi connectivity index (χ0) is 31.0. The minimum atomic E-state index is -3.18. The van der Waals surface area contributed by atoms with Gasteiger partial charge in [0.05, 0.1) is 6.61 Å². The highest BCUT2D eigenvalue weighted by Gasteiger charge is 2.48. The van der Waals surface area contributed by atoms with Gasteiger partial charge in [-0.25, -0.2) is 4.98 Å². The first kappa shape index (κ1) is 34.1. The number of aldehydes is 1. The summed E-state index contributed by atoms with van der Waals surface area (Å²) in [5.74, 6) is -0.702. The second-order valence-electron chi connectivity index (χ2n) is 7.84. The van der Waals surface area contributed by atoms with Crippen molar-refractivity contribution in [2.45, 2.75) is 49.0 Å². The van der Waals surface area contributed by atoms with E-state index in [2.05, 4.69) is 33.8 Å². The molecule has 11 N–H and O–H groups in total. The van der Waals surface area contributed by atoms with Crippen molar-refractivity contribution >= 4 is 45.9 Å². The SMILES string of the molecule is O=C[C@H](O)[C@@H](O)[C@H](O)[C@H](O)CO.[N-]=[N+]=Nc1nc2c(=O)[nH]c(N)nc2n1[C@@H]1O[C@H](CO[P+](=O)O[P+](=O)O)[C@@H](O)[C@H]1O. The van der Waals surface area contributed by atoms with Gasteiger partial charge in [-0.1, -0.05) is 0 Å². The second kappa shape index (κ2) is 15.2. The Morgan fingerprint density at radius 2 is 1.88 bits per heavy atom. The van der Waals surface area contributed by atoms with Crippen molar-refractivity contribution in [2.75, 3.05) is 18.9 Å². The minimum absolute atomic E-state index is 0.0258. The fraction of sp³-hybridized carbons (Fsp3) is 0.625. The fourth-order valence-corrected chi connectivity index (χ4v) is 4.16. The van der Waals surface area contributed by atoms with E-state index in [1.807, 2.05) is 0 Å². The molecule has 2 unspecified atom stereocenters. The molecule has 41 heavy (non-hydrogen) atoms. The van der Waals surface area contributed by atoms with E-state index >= 15 is 0 Å². The molecular weight excluding hydrogens is 606 g/mol. The minimum Gasteiger partial charge on any atom is -0.394 e. The lowest BCUT2D eigenvalue weighted by atomic mass is 10.0. The lowest BCUT2D eigenvalue weighted by Crippen LogP contribution is -2.46. The van der Waals surface area contributed by atoms with Crippen LogP contribution in [0.15, 0.2) is 9.91 Å². The Balaban J connectivity index is 0.000000415. The zero-order valence-electron chi connectivity index (χ0n) is 20.2. The largest absolute Gasteiger partial charge is 0.747 e. The summed E-state index contributed by atoms with van der Waals surface area (Å²) in [7, 11) is -6.17. The Bertz CT molecular complexity index is 1350. The first-order valence-corrected chi connectivity index (χ1v) is 13.1. The molecule has 3 heterocycles. The predicted octanol–water partition coefficient (Wildman–Crippen LogP) is -3.78. The number of H-pyrrole nitrogens is 1. The number of fused-ring (bicyclic) bond motifs is 1. The summed E-state index contributed by atoms with van der Waals surface area (Å²) in [6.45, 7) is -1.36. The summed E-state index contributed by atoms with van der Waals surface area (Å²) < 4.78 is 36.9. The Morgan fingerprint density at radius 3 is 2.44 bits per heavy atom. The molecule has 0 aromatic carbocycles. The molecule has 226 valence electrons. The molecule has 23 nitrogen and oxygen atoms in total. The molecule has 1 saturated heterocycles. The fourth-order valence-electron chi connectivity index (χ4n) is 3.25. The number of rotatable bonds is 12. The monoisotopic (exact) mass is 630 g/mol. The van der Waals surface area contributed by atoms with Gasteiger partial charge in [0.15, 0.2) is 28.0 Å². The van der Waals surface area contributed by atoms with Crippen molar-refractivity contribution in [1.82, 2.24) is 19.5 Å². The van der Waals surface area contributed by atoms with Gasteiger partial charge in [-0.05, 0) is 10.6 Å². The van der Waals surface area contributed by atoms with Crippen LogP contribution >= 0.6 is 16.5 Å². The topological polar surface area (TPSA) is 379 Å². The molecule has 0 saturated carbocycles. The number of carbonyl (C=O) groups is 1. The number of nitrogen functional groups attached to an aromatic ring is 1. The first-order valence-electron chi connectivity index (χ1n) is 10.8. The van der Waals surface area contributed by atoms with E-state index in [-0.39, 0.29) is 23.4 Å². The van der Waals surface area contributed by atoms with Gasteiger partial charge in [0.2, 0.25) is 11.9 Å². The van der Waals surface area contributed by atoms with Gasteiger partial charge >= 0.3 is 16.5 Å². The first-order chi connectivity index (χ1) is 19.3. The van der Waals surface area contributed by atoms with E-state index in [9.17, 15) is 28.9 Å². The van der Waals surface area contributed by atoms with Crippen LogP contribution in [-0.2, 0) is 27.5 Å². The van der Waals surface area contributed by atoms with E-state index in [1.165, 1.54) is 0 Å². The number of aliphatic hydroxyl groups excluding tert-OH is 7. The third kappa shape index (κ3) is 8.45. The summed E-state index contributed by atoms with van der Waals surface area (Å²) in [4.78, 5) is 42.9. The van der Waals surface area contributed by atoms with Crippen molar-refractivity contribution in [3.8, 4) is 0 Å². The van der Waals surface area contributed by atoms with E-state index < -0.39 is 90.2 Å². The molecule has 0 radical (unpaired) electrons. The van der Waals surface area contributed by atoms with Crippen LogP contribution in [0.25, 0.3) is 21.6 Å². The number of ether oxygens (including phenoxy) is 1. The summed E-state index contributed by atoms with van der Waals surface area (Å²) in [6, 6.07) is 0. The number of nitrogens with two attached hydrogens (primary N) is 1. The van der Waals surface area contributed by atoms with E-state index in [0.717, 1.165) is 4.57 Å². The molecule has 1 aliphatic heterocycles. The summed E-state index contributed by atoms with van der Waals surface area (Å²) in [6.07, 6.45) is -12.8. The average Bonchev–Trinajstić information content (AvgIpc) is 3.41. The van der Waals surface area contributed by atoms with Crippen LogP contribution in [-0.4, -0.2) is 122 Å². The maximum atomic E-state index is 12.0. The molecule has 25 heteroatoms. The Labute approximate surface area is 227 Å². The molecular formula is C16H24N8O15P2+2. The molecule has 0 spiro atoms. The van der Waals surface area contributed by atoms with Crippen molar-refractivity contribution in [3.05, 3.63) is 20.8 Å². The third-order valence-electron chi connectivity index (χ3n) is 5.18. The van der Waals surface area contributed by atoms with Crippen LogP contribution in [0.4, 0.5) is 11.9 Å². The summed E-state index contributed by atoms with van der Waals surface area (Å²) in [5.41, 5.74) is 13.0. The smallest absolute Gasteiger partial charge is 0.394 e. The zero-order valence-corrected chi connectivity index (χ0v) is 22.0. The molecule has 2 aromatic heterocycles. The number of nitrogens with zero attached hydrogens (tertiary/aromatic N) is 6. The number of anilines is 1. The summed E-state index contributed by atoms with van der Waals surface area (Å²) >= 11 is 0. The standard InChI is InChI=1S/C10H10N8O9P2.C6H12O6/c11-9-14-6-3(7(21)15-9)13-10(16-17-12)18(6)8-5(20)4(19)2(26-8)1-25-29(24)27-28(22)23;7-1-3(9)5(11)6(12)4(10)2-8/h2,4-5,8,19-20H,1H2,(H2-2,11,14,15,21,22,23);1,3-6,8-12H,2H2/p+2/t2-,4-,5-,8-;3-,4+,5+,6+/m10/s1. The maximum absolute atomic E-state index is 12.0. The quantitative estimate of drug-likeness (QED) is 0.0353. The van der Waals surface area contributed by atoms with Crippen molar-refractivity contribution in [1.29, 1.82) is 0 Å².